The van der Waals surface area contributed by atoms with Gasteiger partial charge >= 0.3 is 0 Å². The molecule has 6 rings (SSSR count). The Bertz CT molecular complexity index is 1980. The van der Waals surface area contributed by atoms with Crippen molar-refractivity contribution in [1.29, 1.82) is 0 Å². The van der Waals surface area contributed by atoms with Crippen molar-refractivity contribution in [1.82, 2.24) is 20.6 Å². The van der Waals surface area contributed by atoms with Gasteiger partial charge < -0.3 is 10.6 Å². The molecular weight excluding hydrogens is 651 g/mol. The van der Waals surface area contributed by atoms with Crippen molar-refractivity contribution in [3.05, 3.63) is 129 Å². The van der Waals surface area contributed by atoms with E-state index in [0.29, 0.717) is 34.3 Å². The van der Waals surface area contributed by atoms with Crippen molar-refractivity contribution in [3.8, 4) is 22.5 Å². The molecule has 4 aromatic carbocycles. The van der Waals surface area contributed by atoms with Crippen LogP contribution in [0.1, 0.15) is 63.9 Å². The molecule has 0 saturated carbocycles. The first-order valence-electron chi connectivity index (χ1n) is 16.7. The van der Waals surface area contributed by atoms with E-state index in [-0.39, 0.29) is 11.8 Å². The zero-order valence-corrected chi connectivity index (χ0v) is 29.2. The van der Waals surface area contributed by atoms with Crippen LogP contribution < -0.4 is 10.6 Å². The number of pyridine rings is 2. The maximum Gasteiger partial charge on any atom is 0.252 e. The van der Waals surface area contributed by atoms with Crippen molar-refractivity contribution in [2.24, 2.45) is 0 Å². The van der Waals surface area contributed by atoms with Gasteiger partial charge in [-0.2, -0.15) is 0 Å². The number of para-hydroxylation sites is 2. The molecule has 0 aliphatic heterocycles. The zero-order valence-electron chi connectivity index (χ0n) is 27.7. The number of hydrogen-bond donors (Lipinski definition) is 2. The van der Waals surface area contributed by atoms with Crippen molar-refractivity contribution in [3.63, 3.8) is 0 Å². The number of nitrogens with one attached hydrogen (secondary N) is 2. The Morgan fingerprint density at radius 2 is 0.898 bits per heavy atom. The molecule has 6 aromatic rings. The summed E-state index contributed by atoms with van der Waals surface area (Å²) >= 11 is 12.2. The number of rotatable bonds is 12. The number of carbonyl (C=O) groups excluding carboxylic acids is 2. The van der Waals surface area contributed by atoms with Gasteiger partial charge in [-0.15, -0.1) is 0 Å². The van der Waals surface area contributed by atoms with Crippen molar-refractivity contribution in [2.75, 3.05) is 13.1 Å². The number of fused-ring (bicyclic) bond motifs is 2. The highest BCUT2D eigenvalue weighted by Crippen LogP contribution is 2.32. The summed E-state index contributed by atoms with van der Waals surface area (Å²) in [5.41, 5.74) is 7.97. The molecule has 0 aliphatic carbocycles. The molecule has 6 nitrogen and oxygen atoms in total. The summed E-state index contributed by atoms with van der Waals surface area (Å²) in [5.74, 6) is -0.181. The zero-order chi connectivity index (χ0) is 34.3. The lowest BCUT2D eigenvalue weighted by molar-refractivity contribution is 0.0946. The van der Waals surface area contributed by atoms with Crippen LogP contribution in [-0.4, -0.2) is 34.9 Å². The average Bonchev–Trinajstić information content (AvgIpc) is 3.11. The Morgan fingerprint density at radius 3 is 1.31 bits per heavy atom. The molecule has 0 radical (unpaired) electrons. The van der Waals surface area contributed by atoms with E-state index < -0.39 is 0 Å². The highest BCUT2D eigenvalue weighted by atomic mass is 35.5. The highest BCUT2D eigenvalue weighted by Gasteiger charge is 2.20. The van der Waals surface area contributed by atoms with Crippen molar-refractivity contribution >= 4 is 56.8 Å². The molecule has 0 bridgehead atoms. The molecule has 0 unspecified atom stereocenters. The number of aromatic nitrogens is 2. The maximum atomic E-state index is 13.5. The van der Waals surface area contributed by atoms with Gasteiger partial charge in [0.15, 0.2) is 0 Å². The summed E-state index contributed by atoms with van der Waals surface area (Å²) in [6.07, 6.45) is 4.74. The van der Waals surface area contributed by atoms with Crippen LogP contribution in [0.25, 0.3) is 44.3 Å². The number of hydrogen-bond acceptors (Lipinski definition) is 4. The number of unbranched alkanes of at least 4 members (excludes halogenated alkanes) is 4. The molecule has 248 valence electrons. The summed E-state index contributed by atoms with van der Waals surface area (Å²) in [4.78, 5) is 36.7. The van der Waals surface area contributed by atoms with Gasteiger partial charge in [-0.05, 0) is 74.2 Å². The van der Waals surface area contributed by atoms with Gasteiger partial charge in [0.2, 0.25) is 0 Å². The van der Waals surface area contributed by atoms with Crippen LogP contribution in [0.5, 0.6) is 0 Å². The minimum Gasteiger partial charge on any atom is -0.352 e. The van der Waals surface area contributed by atoms with E-state index in [1.807, 2.05) is 111 Å². The molecule has 2 heterocycles. The predicted molar refractivity (Wildman–Crippen MR) is 202 cm³/mol. The number of benzene rings is 4. The second-order valence-electron chi connectivity index (χ2n) is 12.2. The SMILES string of the molecule is Cc1c(-c2ccc(Cl)cc2)nc2ccccc2c1C(=O)NCCCCCCCNC(=O)c1c(C)c(-c2ccc(Cl)cc2)nc2ccccc12. The number of carbonyl (C=O) groups is 2. The Labute approximate surface area is 296 Å². The number of nitrogens with zero attached hydrogens (tertiary/aromatic N) is 2. The lowest BCUT2D eigenvalue weighted by Gasteiger charge is -2.15. The summed E-state index contributed by atoms with van der Waals surface area (Å²) in [5, 5.41) is 9.27. The highest BCUT2D eigenvalue weighted by molar-refractivity contribution is 6.31. The van der Waals surface area contributed by atoms with Crippen LogP contribution in [0.2, 0.25) is 10.0 Å². The molecule has 0 fully saturated rings. The molecule has 0 saturated heterocycles. The number of halogens is 2. The van der Waals surface area contributed by atoms with Crippen molar-refractivity contribution < 1.29 is 9.59 Å². The van der Waals surface area contributed by atoms with Gasteiger partial charge in [-0.25, -0.2) is 9.97 Å². The first-order valence-corrected chi connectivity index (χ1v) is 17.4. The lowest BCUT2D eigenvalue weighted by atomic mass is 9.97. The fraction of sp³-hybridized carbons (Fsp3) is 0.220. The Hall–Kier alpha value is -4.78. The molecule has 2 N–H and O–H groups in total. The normalized spacial score (nSPS) is 11.2. The average molecular weight is 690 g/mol. The van der Waals surface area contributed by atoms with Gasteiger partial charge in [-0.1, -0.05) is 103 Å². The first kappa shape index (κ1) is 34.1. The van der Waals surface area contributed by atoms with E-state index in [1.165, 1.54) is 0 Å². The lowest BCUT2D eigenvalue weighted by Crippen LogP contribution is -2.26. The van der Waals surface area contributed by atoms with Gasteiger partial charge in [0.1, 0.15) is 0 Å². The van der Waals surface area contributed by atoms with Gasteiger partial charge in [0, 0.05) is 45.0 Å². The third-order valence-corrected chi connectivity index (χ3v) is 9.39. The third-order valence-electron chi connectivity index (χ3n) is 8.89. The Kier molecular flexibility index (Phi) is 10.9. The molecule has 0 spiro atoms. The van der Waals surface area contributed by atoms with E-state index in [2.05, 4.69) is 10.6 Å². The van der Waals surface area contributed by atoms with E-state index in [0.717, 1.165) is 87.6 Å². The van der Waals surface area contributed by atoms with Gasteiger partial charge in [-0.3, -0.25) is 9.59 Å². The fourth-order valence-electron chi connectivity index (χ4n) is 6.34. The molecular formula is C41H38Cl2N4O2. The van der Waals surface area contributed by atoms with Crippen LogP contribution in [0, 0.1) is 13.8 Å². The second kappa shape index (κ2) is 15.6. The predicted octanol–water partition coefficient (Wildman–Crippen LogP) is 10.2. The smallest absolute Gasteiger partial charge is 0.252 e. The Morgan fingerprint density at radius 1 is 0.531 bits per heavy atom. The topological polar surface area (TPSA) is 84.0 Å². The minimum atomic E-state index is -0.0906. The molecule has 2 aromatic heterocycles. The van der Waals surface area contributed by atoms with E-state index >= 15 is 0 Å². The largest absolute Gasteiger partial charge is 0.352 e. The Balaban J connectivity index is 0.999. The molecule has 49 heavy (non-hydrogen) atoms. The van der Waals surface area contributed by atoms with E-state index in [4.69, 9.17) is 33.2 Å². The van der Waals surface area contributed by atoms with Crippen LogP contribution in [-0.2, 0) is 0 Å². The quantitative estimate of drug-likeness (QED) is 0.125. The van der Waals surface area contributed by atoms with Crippen LogP contribution in [0.4, 0.5) is 0 Å². The summed E-state index contributed by atoms with van der Waals surface area (Å²) in [7, 11) is 0. The molecule has 2 amide bonds. The van der Waals surface area contributed by atoms with E-state index in [9.17, 15) is 9.59 Å². The monoisotopic (exact) mass is 688 g/mol. The first-order chi connectivity index (χ1) is 23.8. The molecule has 8 heteroatoms. The minimum absolute atomic E-state index is 0.0906. The van der Waals surface area contributed by atoms with Crippen LogP contribution in [0.15, 0.2) is 97.1 Å². The molecule has 0 aliphatic rings. The van der Waals surface area contributed by atoms with Crippen molar-refractivity contribution in [2.45, 2.75) is 46.0 Å². The van der Waals surface area contributed by atoms with Crippen LogP contribution in [0.3, 0.4) is 0 Å². The summed E-state index contributed by atoms with van der Waals surface area (Å²) < 4.78 is 0. The third kappa shape index (κ3) is 7.77. The van der Waals surface area contributed by atoms with E-state index in [1.54, 1.807) is 0 Å². The summed E-state index contributed by atoms with van der Waals surface area (Å²) in [6.45, 7) is 5.08. The number of amides is 2. The molecule has 0 atom stereocenters. The van der Waals surface area contributed by atoms with Gasteiger partial charge in [0.05, 0.1) is 33.5 Å². The van der Waals surface area contributed by atoms with Gasteiger partial charge in [0.25, 0.3) is 11.8 Å². The standard InChI is InChI=1S/C41H38Cl2N4O2/c1-26-36(32-12-6-8-14-34(32)46-38(26)28-16-20-30(42)21-17-28)40(48)44-24-10-4-3-5-11-25-45-41(49)37-27(2)39(29-18-22-31(43)23-19-29)47-35-15-9-7-13-33(35)37/h6-9,12-23H,3-5,10-11,24-25H2,1-2H3,(H,44,48)(H,45,49). The van der Waals surface area contributed by atoms with Crippen LogP contribution >= 0.6 is 23.2 Å². The second-order valence-corrected chi connectivity index (χ2v) is 13.1. The maximum absolute atomic E-state index is 13.5. The summed E-state index contributed by atoms with van der Waals surface area (Å²) in [6, 6.07) is 30.6. The fourth-order valence-corrected chi connectivity index (χ4v) is 6.59.